The van der Waals surface area contributed by atoms with E-state index in [1.807, 2.05) is 4.90 Å². The third-order valence-corrected chi connectivity index (χ3v) is 5.08. The topological polar surface area (TPSA) is 62.1 Å². The van der Waals surface area contributed by atoms with Gasteiger partial charge in [-0.15, -0.1) is 0 Å². The Morgan fingerprint density at radius 2 is 2.00 bits per heavy atom. The molecule has 24 heavy (non-hydrogen) atoms. The van der Waals surface area contributed by atoms with E-state index >= 15 is 0 Å². The first-order valence-corrected chi connectivity index (χ1v) is 8.81. The summed E-state index contributed by atoms with van der Waals surface area (Å²) in [5.74, 6) is 0.111. The predicted octanol–water partition coefficient (Wildman–Crippen LogP) is 3.70. The maximum Gasteiger partial charge on any atom is 0.225 e. The van der Waals surface area contributed by atoms with E-state index in [4.69, 9.17) is 23.2 Å². The number of halogens is 3. The number of hydrogen-bond donors (Lipinski definition) is 1. The molecule has 5 nitrogen and oxygen atoms in total. The zero-order valence-corrected chi connectivity index (χ0v) is 14.7. The van der Waals surface area contributed by atoms with Gasteiger partial charge in [-0.05, 0) is 44.2 Å². The van der Waals surface area contributed by atoms with Gasteiger partial charge in [0.2, 0.25) is 5.28 Å². The van der Waals surface area contributed by atoms with Crippen molar-refractivity contribution in [3.05, 3.63) is 21.9 Å². The highest BCUT2D eigenvalue weighted by molar-refractivity contribution is 6.31. The maximum absolute atomic E-state index is 14.5. The number of pyridine rings is 1. The van der Waals surface area contributed by atoms with E-state index in [0.29, 0.717) is 30.7 Å². The van der Waals surface area contributed by atoms with Crippen LogP contribution in [0.1, 0.15) is 44.2 Å². The molecular formula is C16H17Cl2FN4O. The van der Waals surface area contributed by atoms with Gasteiger partial charge in [0.15, 0.2) is 11.0 Å². The van der Waals surface area contributed by atoms with Crippen LogP contribution in [-0.2, 0) is 0 Å². The molecule has 8 heteroatoms. The number of fused-ring (bicyclic) bond motifs is 1. The van der Waals surface area contributed by atoms with Gasteiger partial charge >= 0.3 is 0 Å². The number of hydrogen-bond acceptors (Lipinski definition) is 5. The lowest BCUT2D eigenvalue weighted by molar-refractivity contribution is 0.0448. The predicted molar refractivity (Wildman–Crippen MR) is 91.4 cm³/mol. The monoisotopic (exact) mass is 370 g/mol. The molecule has 0 aromatic carbocycles. The van der Waals surface area contributed by atoms with E-state index in [2.05, 4.69) is 15.0 Å². The third kappa shape index (κ3) is 2.80. The first-order chi connectivity index (χ1) is 11.4. The molecule has 1 saturated carbocycles. The molecule has 0 spiro atoms. The van der Waals surface area contributed by atoms with Crippen molar-refractivity contribution in [2.45, 2.75) is 44.1 Å². The average molecular weight is 371 g/mol. The molecule has 1 saturated heterocycles. The van der Waals surface area contributed by atoms with Crippen LogP contribution in [0.4, 0.5) is 10.2 Å². The molecule has 0 unspecified atom stereocenters. The van der Waals surface area contributed by atoms with Gasteiger partial charge in [0.1, 0.15) is 11.3 Å². The Morgan fingerprint density at radius 3 is 2.67 bits per heavy atom. The van der Waals surface area contributed by atoms with Crippen LogP contribution in [0, 0.1) is 5.82 Å². The smallest absolute Gasteiger partial charge is 0.225 e. The summed E-state index contributed by atoms with van der Waals surface area (Å²) in [7, 11) is 0. The van der Waals surface area contributed by atoms with E-state index < -0.39 is 11.4 Å². The van der Waals surface area contributed by atoms with Crippen LogP contribution in [0.2, 0.25) is 10.4 Å². The highest BCUT2D eigenvalue weighted by atomic mass is 35.5. The zero-order chi connectivity index (χ0) is 17.1. The molecule has 1 aliphatic carbocycles. The number of anilines is 1. The quantitative estimate of drug-likeness (QED) is 0.644. The van der Waals surface area contributed by atoms with Gasteiger partial charge in [0.25, 0.3) is 0 Å². The molecule has 3 heterocycles. The van der Waals surface area contributed by atoms with Crippen LogP contribution in [0.3, 0.4) is 0 Å². The molecule has 128 valence electrons. The van der Waals surface area contributed by atoms with E-state index in [0.717, 1.165) is 25.0 Å². The maximum atomic E-state index is 14.5. The molecule has 2 fully saturated rings. The average Bonchev–Trinajstić information content (AvgIpc) is 3.34. The van der Waals surface area contributed by atoms with Gasteiger partial charge in [-0.1, -0.05) is 11.6 Å². The molecule has 0 amide bonds. The van der Waals surface area contributed by atoms with Crippen molar-refractivity contribution in [2.75, 3.05) is 18.0 Å². The van der Waals surface area contributed by atoms with Gasteiger partial charge in [-0.25, -0.2) is 14.4 Å². The lowest BCUT2D eigenvalue weighted by Crippen LogP contribution is -2.46. The number of aromatic nitrogens is 3. The Morgan fingerprint density at radius 1 is 1.25 bits per heavy atom. The Balaban J connectivity index is 1.96. The first-order valence-electron chi connectivity index (χ1n) is 8.05. The summed E-state index contributed by atoms with van der Waals surface area (Å²) in [4.78, 5) is 14.6. The minimum atomic E-state index is -0.819. The highest BCUT2D eigenvalue weighted by Gasteiger charge is 2.35. The molecular weight excluding hydrogens is 354 g/mol. The minimum Gasteiger partial charge on any atom is -0.388 e. The highest BCUT2D eigenvalue weighted by Crippen LogP contribution is 2.45. The van der Waals surface area contributed by atoms with Gasteiger partial charge in [-0.2, -0.15) is 4.98 Å². The van der Waals surface area contributed by atoms with Crippen molar-refractivity contribution in [3.63, 3.8) is 0 Å². The van der Waals surface area contributed by atoms with Crippen molar-refractivity contribution in [1.29, 1.82) is 0 Å². The van der Waals surface area contributed by atoms with Crippen molar-refractivity contribution in [2.24, 2.45) is 0 Å². The summed E-state index contributed by atoms with van der Waals surface area (Å²) in [6.45, 7) is 2.92. The zero-order valence-electron chi connectivity index (χ0n) is 13.2. The molecule has 2 aromatic heterocycles. The van der Waals surface area contributed by atoms with Crippen molar-refractivity contribution in [1.82, 2.24) is 15.0 Å². The van der Waals surface area contributed by atoms with Crippen LogP contribution < -0.4 is 4.90 Å². The van der Waals surface area contributed by atoms with Gasteiger partial charge in [0, 0.05) is 19.0 Å². The Hall–Kier alpha value is -1.24. The van der Waals surface area contributed by atoms with Crippen LogP contribution in [-0.4, -0.2) is 38.7 Å². The van der Waals surface area contributed by atoms with E-state index in [1.165, 1.54) is 0 Å². The summed E-state index contributed by atoms with van der Waals surface area (Å²) in [5.41, 5.74) is 0.0190. The number of piperidine rings is 1. The van der Waals surface area contributed by atoms with E-state index in [1.54, 1.807) is 6.92 Å². The van der Waals surface area contributed by atoms with Crippen LogP contribution in [0.15, 0.2) is 0 Å². The first kappa shape index (κ1) is 16.2. The number of β-amino-alcohol motifs (C(OH)–C–C–N with tert-alkyl or cyclic N) is 1. The van der Waals surface area contributed by atoms with Crippen molar-refractivity contribution in [3.8, 4) is 0 Å². The lowest BCUT2D eigenvalue weighted by Gasteiger charge is -2.38. The SMILES string of the molecule is C[C@@]1(O)CCCN(c2nc(Cl)nc3c(F)c(Cl)nc(C4CC4)c23)C1. The molecule has 0 radical (unpaired) electrons. The minimum absolute atomic E-state index is 0.0365. The van der Waals surface area contributed by atoms with E-state index in [9.17, 15) is 9.50 Å². The standard InChI is InChI=1S/C16H17Cl2FN4O/c1-16(24)5-2-6-23(7-16)14-9-11(8-3-4-8)20-13(17)10(19)12(9)21-15(18)22-14/h8,24H,2-7H2,1H3/t16-/m1/s1. The molecule has 4 rings (SSSR count). The van der Waals surface area contributed by atoms with Crippen molar-refractivity contribution >= 4 is 39.9 Å². The summed E-state index contributed by atoms with van der Waals surface area (Å²) in [6, 6.07) is 0. The molecule has 0 bridgehead atoms. The summed E-state index contributed by atoms with van der Waals surface area (Å²) in [5, 5.41) is 10.8. The van der Waals surface area contributed by atoms with Crippen molar-refractivity contribution < 1.29 is 9.50 Å². The van der Waals surface area contributed by atoms with Gasteiger partial charge in [-0.3, -0.25) is 0 Å². The summed E-state index contributed by atoms with van der Waals surface area (Å²) >= 11 is 12.0. The van der Waals surface area contributed by atoms with E-state index in [-0.39, 0.29) is 21.9 Å². The number of aliphatic hydroxyl groups is 1. The second-order valence-corrected chi connectivity index (χ2v) is 7.63. The molecule has 2 aliphatic rings. The van der Waals surface area contributed by atoms with Gasteiger partial charge < -0.3 is 10.0 Å². The molecule has 1 N–H and O–H groups in total. The number of rotatable bonds is 2. The Bertz CT molecular complexity index is 826. The summed E-state index contributed by atoms with van der Waals surface area (Å²) < 4.78 is 14.5. The second-order valence-electron chi connectivity index (χ2n) is 6.94. The second kappa shape index (κ2) is 5.64. The normalized spacial score (nSPS) is 24.6. The number of nitrogens with zero attached hydrogens (tertiary/aromatic N) is 4. The Labute approximate surface area is 148 Å². The fraction of sp³-hybridized carbons (Fsp3) is 0.562. The van der Waals surface area contributed by atoms with Crippen LogP contribution in [0.5, 0.6) is 0 Å². The van der Waals surface area contributed by atoms with Crippen LogP contribution in [0.25, 0.3) is 10.9 Å². The molecule has 2 aromatic rings. The largest absolute Gasteiger partial charge is 0.388 e. The molecule has 1 aliphatic heterocycles. The van der Waals surface area contributed by atoms with Crippen LogP contribution >= 0.6 is 23.2 Å². The fourth-order valence-electron chi connectivity index (χ4n) is 3.41. The summed E-state index contributed by atoms with van der Waals surface area (Å²) in [6.07, 6.45) is 3.51. The fourth-order valence-corrected chi connectivity index (χ4v) is 3.75. The lowest BCUT2D eigenvalue weighted by atomic mass is 9.95. The Kier molecular flexibility index (Phi) is 3.82. The third-order valence-electron chi connectivity index (χ3n) is 4.66. The van der Waals surface area contributed by atoms with Gasteiger partial charge in [0.05, 0.1) is 16.7 Å². The molecule has 1 atom stereocenters.